The predicted molar refractivity (Wildman–Crippen MR) is 67.1 cm³/mol. The van der Waals surface area contributed by atoms with Crippen molar-refractivity contribution in [2.45, 2.75) is 24.0 Å². The zero-order chi connectivity index (χ0) is 14.0. The van der Waals surface area contributed by atoms with Crippen LogP contribution in [0.15, 0.2) is 29.2 Å². The first kappa shape index (κ1) is 14.0. The van der Waals surface area contributed by atoms with E-state index in [1.165, 1.54) is 12.1 Å². The maximum atomic E-state index is 12.2. The third kappa shape index (κ3) is 2.63. The molecule has 0 saturated carbocycles. The van der Waals surface area contributed by atoms with Crippen LogP contribution in [0, 0.1) is 0 Å². The molecule has 0 aromatic heterocycles. The second-order valence-corrected chi connectivity index (χ2v) is 6.23. The number of ether oxygens (including phenoxy) is 1. The number of carboxylic acid groups (broad SMARTS) is 1. The second-order valence-electron chi connectivity index (χ2n) is 4.34. The van der Waals surface area contributed by atoms with Crippen molar-refractivity contribution in [2.75, 3.05) is 13.7 Å². The molecule has 0 amide bonds. The van der Waals surface area contributed by atoms with E-state index < -0.39 is 22.0 Å². The highest BCUT2D eigenvalue weighted by Crippen LogP contribution is 2.27. The average molecular weight is 285 g/mol. The lowest BCUT2D eigenvalue weighted by molar-refractivity contribution is -0.144. The molecule has 2 rings (SSSR count). The van der Waals surface area contributed by atoms with Gasteiger partial charge >= 0.3 is 5.97 Å². The topological polar surface area (TPSA) is 83.9 Å². The normalized spacial score (nSPS) is 19.9. The van der Waals surface area contributed by atoms with Crippen LogP contribution in [-0.2, 0) is 26.2 Å². The molecular formula is C12H15NO5S. The second kappa shape index (κ2) is 5.28. The largest absolute Gasteiger partial charge is 0.480 e. The standard InChI is InChI=1S/C12H15NO5S/c1-18-8-9-2-4-10(5-3-9)19(16,17)13-7-6-11(13)12(14)15/h2-5,11H,6-8H2,1H3,(H,14,15)/t11-/m0/s1. The summed E-state index contributed by atoms with van der Waals surface area (Å²) in [6.07, 6.45) is 0.357. The van der Waals surface area contributed by atoms with E-state index in [4.69, 9.17) is 9.84 Å². The van der Waals surface area contributed by atoms with E-state index in [-0.39, 0.29) is 11.4 Å². The van der Waals surface area contributed by atoms with E-state index in [1.807, 2.05) is 0 Å². The zero-order valence-electron chi connectivity index (χ0n) is 10.4. The van der Waals surface area contributed by atoms with Crippen molar-refractivity contribution in [1.29, 1.82) is 0 Å². The molecule has 0 aliphatic carbocycles. The molecule has 0 radical (unpaired) electrons. The summed E-state index contributed by atoms with van der Waals surface area (Å²) in [5.41, 5.74) is 0.861. The molecule has 6 nitrogen and oxygen atoms in total. The Labute approximate surface area is 111 Å². The number of hydrogen-bond acceptors (Lipinski definition) is 4. The Balaban J connectivity index is 2.22. The molecule has 104 valence electrons. The molecule has 1 aliphatic rings. The van der Waals surface area contributed by atoms with Gasteiger partial charge in [-0.2, -0.15) is 4.31 Å². The van der Waals surface area contributed by atoms with Crippen LogP contribution in [-0.4, -0.2) is 43.5 Å². The number of carbonyl (C=O) groups is 1. The Hall–Kier alpha value is -1.44. The average Bonchev–Trinajstić information content (AvgIpc) is 2.27. The van der Waals surface area contributed by atoms with E-state index in [1.54, 1.807) is 19.2 Å². The van der Waals surface area contributed by atoms with Crippen LogP contribution in [0.2, 0.25) is 0 Å². The molecule has 0 bridgehead atoms. The Bertz CT molecular complexity index is 566. The molecule has 0 unspecified atom stereocenters. The fourth-order valence-corrected chi connectivity index (χ4v) is 3.58. The van der Waals surface area contributed by atoms with Crippen LogP contribution >= 0.6 is 0 Å². The van der Waals surface area contributed by atoms with Gasteiger partial charge in [0, 0.05) is 13.7 Å². The molecule has 1 fully saturated rings. The van der Waals surface area contributed by atoms with E-state index in [2.05, 4.69) is 0 Å². The maximum absolute atomic E-state index is 12.2. The van der Waals surface area contributed by atoms with Gasteiger partial charge < -0.3 is 9.84 Å². The van der Waals surface area contributed by atoms with Gasteiger partial charge in [0.25, 0.3) is 0 Å². The van der Waals surface area contributed by atoms with Crippen molar-refractivity contribution in [3.63, 3.8) is 0 Å². The zero-order valence-corrected chi connectivity index (χ0v) is 11.3. The number of sulfonamides is 1. The van der Waals surface area contributed by atoms with E-state index in [9.17, 15) is 13.2 Å². The van der Waals surface area contributed by atoms with Crippen molar-refractivity contribution in [2.24, 2.45) is 0 Å². The monoisotopic (exact) mass is 285 g/mol. The van der Waals surface area contributed by atoms with Crippen LogP contribution in [0.5, 0.6) is 0 Å². The molecule has 1 atom stereocenters. The van der Waals surface area contributed by atoms with Crippen molar-refractivity contribution < 1.29 is 23.1 Å². The Morgan fingerprint density at radius 3 is 2.47 bits per heavy atom. The van der Waals surface area contributed by atoms with Gasteiger partial charge in [0.15, 0.2) is 0 Å². The van der Waals surface area contributed by atoms with Gasteiger partial charge in [-0.05, 0) is 24.1 Å². The molecule has 1 aliphatic heterocycles. The number of nitrogens with zero attached hydrogens (tertiary/aromatic N) is 1. The fraction of sp³-hybridized carbons (Fsp3) is 0.417. The summed E-state index contributed by atoms with van der Waals surface area (Å²) in [6.45, 7) is 0.654. The smallest absolute Gasteiger partial charge is 0.322 e. The summed E-state index contributed by atoms with van der Waals surface area (Å²) in [5, 5.41) is 8.91. The molecule has 1 saturated heterocycles. The number of carboxylic acids is 1. The van der Waals surface area contributed by atoms with Crippen LogP contribution < -0.4 is 0 Å². The fourth-order valence-electron chi connectivity index (χ4n) is 1.96. The van der Waals surface area contributed by atoms with Gasteiger partial charge in [0.05, 0.1) is 11.5 Å². The van der Waals surface area contributed by atoms with E-state index >= 15 is 0 Å². The molecule has 1 N–H and O–H groups in total. The molecular weight excluding hydrogens is 270 g/mol. The SMILES string of the molecule is COCc1ccc(S(=O)(=O)N2CC[C@H]2C(=O)O)cc1. The molecule has 1 heterocycles. The van der Waals surface area contributed by atoms with Gasteiger partial charge in [0.2, 0.25) is 10.0 Å². The minimum atomic E-state index is -3.72. The maximum Gasteiger partial charge on any atom is 0.322 e. The lowest BCUT2D eigenvalue weighted by Gasteiger charge is -2.36. The van der Waals surface area contributed by atoms with Gasteiger partial charge in [-0.3, -0.25) is 4.79 Å². The highest BCUT2D eigenvalue weighted by atomic mass is 32.2. The quantitative estimate of drug-likeness (QED) is 0.860. The summed E-state index contributed by atoms with van der Waals surface area (Å²) in [4.78, 5) is 11.0. The van der Waals surface area contributed by atoms with Crippen molar-refractivity contribution in [3.05, 3.63) is 29.8 Å². The highest BCUT2D eigenvalue weighted by Gasteiger charge is 2.42. The highest BCUT2D eigenvalue weighted by molar-refractivity contribution is 7.89. The van der Waals surface area contributed by atoms with Crippen LogP contribution in [0.4, 0.5) is 0 Å². The Morgan fingerprint density at radius 1 is 1.42 bits per heavy atom. The number of hydrogen-bond donors (Lipinski definition) is 1. The van der Waals surface area contributed by atoms with E-state index in [0.717, 1.165) is 9.87 Å². The number of aliphatic carboxylic acids is 1. The van der Waals surface area contributed by atoms with Crippen molar-refractivity contribution in [1.82, 2.24) is 4.31 Å². The first-order chi connectivity index (χ1) is 8.96. The van der Waals surface area contributed by atoms with Crippen LogP contribution in [0.1, 0.15) is 12.0 Å². The van der Waals surface area contributed by atoms with Crippen LogP contribution in [0.3, 0.4) is 0 Å². The number of methoxy groups -OCH3 is 1. The van der Waals surface area contributed by atoms with Gasteiger partial charge in [0.1, 0.15) is 6.04 Å². The predicted octanol–water partition coefficient (Wildman–Crippen LogP) is 0.681. The van der Waals surface area contributed by atoms with Crippen molar-refractivity contribution >= 4 is 16.0 Å². The summed E-state index contributed by atoms with van der Waals surface area (Å²) >= 11 is 0. The lowest BCUT2D eigenvalue weighted by Crippen LogP contribution is -2.54. The third-order valence-electron chi connectivity index (χ3n) is 3.10. The van der Waals surface area contributed by atoms with E-state index in [0.29, 0.717) is 13.0 Å². The minimum Gasteiger partial charge on any atom is -0.480 e. The Kier molecular flexibility index (Phi) is 3.88. The van der Waals surface area contributed by atoms with Gasteiger partial charge in [-0.15, -0.1) is 0 Å². The number of rotatable bonds is 5. The third-order valence-corrected chi connectivity index (χ3v) is 5.02. The summed E-state index contributed by atoms with van der Waals surface area (Å²) in [6, 6.07) is 5.32. The number of benzene rings is 1. The van der Waals surface area contributed by atoms with Crippen molar-refractivity contribution in [3.8, 4) is 0 Å². The Morgan fingerprint density at radius 2 is 2.05 bits per heavy atom. The van der Waals surface area contributed by atoms with Gasteiger partial charge in [-0.25, -0.2) is 8.42 Å². The molecule has 7 heteroatoms. The molecule has 1 aromatic carbocycles. The summed E-state index contributed by atoms with van der Waals surface area (Å²) in [7, 11) is -2.16. The first-order valence-electron chi connectivity index (χ1n) is 5.79. The molecule has 1 aromatic rings. The van der Waals surface area contributed by atoms with Crippen LogP contribution in [0.25, 0.3) is 0 Å². The summed E-state index contributed by atoms with van der Waals surface area (Å²) in [5.74, 6) is -1.11. The lowest BCUT2D eigenvalue weighted by atomic mass is 10.1. The summed E-state index contributed by atoms with van der Waals surface area (Å²) < 4.78 is 30.4. The van der Waals surface area contributed by atoms with Gasteiger partial charge in [-0.1, -0.05) is 12.1 Å². The minimum absolute atomic E-state index is 0.110. The molecule has 19 heavy (non-hydrogen) atoms. The molecule has 0 spiro atoms. The first-order valence-corrected chi connectivity index (χ1v) is 7.23.